The minimum atomic E-state index is 0.170. The summed E-state index contributed by atoms with van der Waals surface area (Å²) in [5.74, 6) is 0.170. The fourth-order valence-corrected chi connectivity index (χ4v) is 9.30. The number of aryl methyl sites for hydroxylation is 1. The number of hydrogen-bond donors (Lipinski definition) is 1. The van der Waals surface area contributed by atoms with E-state index in [0.717, 1.165) is 23.5 Å². The van der Waals surface area contributed by atoms with Gasteiger partial charge in [0.15, 0.2) is 0 Å². The van der Waals surface area contributed by atoms with E-state index < -0.39 is 0 Å². The van der Waals surface area contributed by atoms with Crippen LogP contribution >= 0.6 is 0 Å². The fourth-order valence-electron chi connectivity index (χ4n) is 9.30. The smallest absolute Gasteiger partial charge is 0.0543 e. The lowest BCUT2D eigenvalue weighted by molar-refractivity contribution is 0.805. The van der Waals surface area contributed by atoms with Crippen LogP contribution in [0.3, 0.4) is 0 Å². The van der Waals surface area contributed by atoms with Crippen LogP contribution in [-0.4, -0.2) is 16.2 Å². The van der Waals surface area contributed by atoms with Crippen LogP contribution in [0.25, 0.3) is 72.4 Å². The first-order valence-corrected chi connectivity index (χ1v) is 22.0. The Morgan fingerprint density at radius 2 is 1.10 bits per heavy atom. The first-order chi connectivity index (χ1) is 30.6. The first kappa shape index (κ1) is 40.1. The van der Waals surface area contributed by atoms with Crippen molar-refractivity contribution >= 4 is 44.5 Å². The second-order valence-corrected chi connectivity index (χ2v) is 15.7. The number of nitrogens with zero attached hydrogens (tertiary/aromatic N) is 2. The molecule has 304 valence electrons. The number of aromatic nitrogens is 2. The number of benzene rings is 8. The molecule has 1 atom stereocenters. The zero-order valence-electron chi connectivity index (χ0n) is 36.3. The highest BCUT2D eigenvalue weighted by molar-refractivity contribution is 6.10. The van der Waals surface area contributed by atoms with Gasteiger partial charge < -0.3 is 14.5 Å². The highest BCUT2D eigenvalue weighted by Gasteiger charge is 2.22. The number of nitrogens with one attached hydrogen (secondary N) is 1. The molecule has 62 heavy (non-hydrogen) atoms. The summed E-state index contributed by atoms with van der Waals surface area (Å²) in [7, 11) is 2.03. The Hall–Kier alpha value is -7.36. The van der Waals surface area contributed by atoms with Crippen molar-refractivity contribution < 1.29 is 0 Å². The average Bonchev–Trinajstić information content (AvgIpc) is 3.82. The van der Waals surface area contributed by atoms with Gasteiger partial charge in [0.1, 0.15) is 0 Å². The maximum Gasteiger partial charge on any atom is 0.0543 e. The van der Waals surface area contributed by atoms with Gasteiger partial charge in [0.25, 0.3) is 0 Å². The van der Waals surface area contributed by atoms with Gasteiger partial charge in [-0.1, -0.05) is 159 Å². The predicted molar refractivity (Wildman–Crippen MR) is 267 cm³/mol. The summed E-state index contributed by atoms with van der Waals surface area (Å²) >= 11 is 0. The van der Waals surface area contributed by atoms with Crippen LogP contribution in [0.1, 0.15) is 54.6 Å². The zero-order chi connectivity index (χ0) is 42.6. The summed E-state index contributed by atoms with van der Waals surface area (Å²) in [6.45, 7) is 8.34. The molecular weight excluding hydrogens is 751 g/mol. The molecule has 8 aromatic carbocycles. The Bertz CT molecular complexity index is 3150. The third kappa shape index (κ3) is 7.41. The molecule has 0 aliphatic rings. The molecule has 0 aliphatic carbocycles. The van der Waals surface area contributed by atoms with Crippen molar-refractivity contribution in [3.8, 4) is 33.6 Å². The van der Waals surface area contributed by atoms with E-state index in [1.807, 2.05) is 20.9 Å². The molecule has 3 heteroatoms. The largest absolute Gasteiger partial charge is 0.388 e. The topological polar surface area (TPSA) is 21.9 Å². The monoisotopic (exact) mass is 803 g/mol. The van der Waals surface area contributed by atoms with Gasteiger partial charge in [-0.3, -0.25) is 0 Å². The van der Waals surface area contributed by atoms with E-state index >= 15 is 0 Å². The number of fused-ring (bicyclic) bond motifs is 4. The molecule has 0 spiro atoms. The molecule has 1 unspecified atom stereocenters. The van der Waals surface area contributed by atoms with E-state index in [2.05, 4.69) is 235 Å². The van der Waals surface area contributed by atoms with Crippen LogP contribution in [-0.2, 0) is 6.42 Å². The molecule has 0 radical (unpaired) electrons. The second-order valence-electron chi connectivity index (χ2n) is 15.7. The van der Waals surface area contributed by atoms with E-state index in [0.29, 0.717) is 0 Å². The molecular formula is C59H53N3. The summed E-state index contributed by atoms with van der Waals surface area (Å²) in [6.07, 6.45) is 5.28. The molecule has 0 saturated carbocycles. The van der Waals surface area contributed by atoms with Crippen LogP contribution in [0, 0.1) is 6.92 Å². The van der Waals surface area contributed by atoms with Gasteiger partial charge in [-0.15, -0.1) is 0 Å². The Kier molecular flexibility index (Phi) is 11.4. The molecule has 0 amide bonds. The van der Waals surface area contributed by atoms with Crippen molar-refractivity contribution in [1.82, 2.24) is 9.13 Å². The Balaban J connectivity index is 0.00000242. The number of para-hydroxylation sites is 1. The lowest BCUT2D eigenvalue weighted by Gasteiger charge is -2.23. The lowest BCUT2D eigenvalue weighted by Crippen LogP contribution is -2.09. The van der Waals surface area contributed by atoms with Crippen LogP contribution in [0.5, 0.6) is 0 Å². The maximum atomic E-state index is 3.54. The van der Waals surface area contributed by atoms with Gasteiger partial charge in [0, 0.05) is 51.9 Å². The number of allylic oxidation sites excluding steroid dienone is 1. The number of hydrogen-bond acceptors (Lipinski definition) is 1. The molecule has 0 saturated heterocycles. The van der Waals surface area contributed by atoms with Gasteiger partial charge >= 0.3 is 0 Å². The van der Waals surface area contributed by atoms with Gasteiger partial charge in [0.05, 0.1) is 16.6 Å². The molecule has 10 aromatic rings. The fraction of sp³-hybridized carbons (Fsp3) is 0.119. The molecule has 0 fully saturated rings. The Labute approximate surface area is 366 Å². The quantitative estimate of drug-likeness (QED) is 0.146. The summed E-state index contributed by atoms with van der Waals surface area (Å²) in [6, 6.07) is 71.1. The lowest BCUT2D eigenvalue weighted by atomic mass is 9.84. The van der Waals surface area contributed by atoms with Gasteiger partial charge in [0.2, 0.25) is 0 Å². The minimum Gasteiger partial charge on any atom is -0.388 e. The van der Waals surface area contributed by atoms with Crippen molar-refractivity contribution in [2.75, 3.05) is 12.4 Å². The van der Waals surface area contributed by atoms with Crippen molar-refractivity contribution in [3.05, 3.63) is 228 Å². The normalized spacial score (nSPS) is 11.9. The third-order valence-electron chi connectivity index (χ3n) is 12.3. The molecule has 0 aliphatic heterocycles. The highest BCUT2D eigenvalue weighted by Crippen LogP contribution is 2.40. The molecule has 1 N–H and O–H groups in total. The zero-order valence-corrected chi connectivity index (χ0v) is 36.3. The van der Waals surface area contributed by atoms with Crippen LogP contribution in [0.2, 0.25) is 0 Å². The molecule has 10 rings (SSSR count). The Morgan fingerprint density at radius 1 is 0.500 bits per heavy atom. The summed E-state index contributed by atoms with van der Waals surface area (Å²) in [5.41, 5.74) is 18.3. The molecule has 2 heterocycles. The third-order valence-corrected chi connectivity index (χ3v) is 12.3. The van der Waals surface area contributed by atoms with Crippen molar-refractivity contribution in [1.29, 1.82) is 0 Å². The summed E-state index contributed by atoms with van der Waals surface area (Å²) in [5, 5.41) is 7.28. The standard InChI is InChI=1S/C57H47N3.C2H6/c1-4-16-54-39(2)48-32-27-45(37-57(48)59(54)46-29-25-42(26-30-46)41-19-10-6-11-20-41)44-28-34-56-52(36-44)49-23-14-15-24-55(49)60(56)47-31-33-53(58-3)51(38-47)50(43-21-12-7-13-22-43)35-40-17-8-5-9-18-40;1-2/h4-34,36-38,50,58H,35H2,1-3H3;1-2H3/b16-4-;. The van der Waals surface area contributed by atoms with Gasteiger partial charge in [-0.25, -0.2) is 0 Å². The molecule has 0 bridgehead atoms. The SMILES string of the molecule is C/C=C\c1c(C)c2ccc(-c3ccc4c(c3)c3ccccc3n4-c3ccc(NC)c(C(Cc4ccccc4)c4ccccc4)c3)cc2n1-c1ccc(-c2ccccc2)cc1.CC. The minimum absolute atomic E-state index is 0.170. The average molecular weight is 804 g/mol. The van der Waals surface area contributed by atoms with Crippen molar-refractivity contribution in [2.24, 2.45) is 0 Å². The highest BCUT2D eigenvalue weighted by atomic mass is 15.0. The second kappa shape index (κ2) is 17.7. The van der Waals surface area contributed by atoms with Crippen LogP contribution in [0.4, 0.5) is 5.69 Å². The van der Waals surface area contributed by atoms with Crippen molar-refractivity contribution in [3.63, 3.8) is 0 Å². The maximum absolute atomic E-state index is 3.54. The van der Waals surface area contributed by atoms with E-state index in [-0.39, 0.29) is 5.92 Å². The summed E-state index contributed by atoms with van der Waals surface area (Å²) < 4.78 is 4.86. The van der Waals surface area contributed by atoms with E-state index in [9.17, 15) is 0 Å². The van der Waals surface area contributed by atoms with Gasteiger partial charge in [-0.2, -0.15) is 0 Å². The van der Waals surface area contributed by atoms with Crippen molar-refractivity contribution in [2.45, 2.75) is 40.0 Å². The van der Waals surface area contributed by atoms with Crippen LogP contribution in [0.15, 0.2) is 200 Å². The predicted octanol–water partition coefficient (Wildman–Crippen LogP) is 15.8. The van der Waals surface area contributed by atoms with E-state index in [1.165, 1.54) is 82.9 Å². The van der Waals surface area contributed by atoms with Crippen LogP contribution < -0.4 is 5.32 Å². The van der Waals surface area contributed by atoms with Gasteiger partial charge in [-0.05, 0) is 125 Å². The summed E-state index contributed by atoms with van der Waals surface area (Å²) in [4.78, 5) is 0. The number of anilines is 1. The molecule has 2 aromatic heterocycles. The first-order valence-electron chi connectivity index (χ1n) is 22.0. The van der Waals surface area contributed by atoms with E-state index in [4.69, 9.17) is 0 Å². The van der Waals surface area contributed by atoms with E-state index in [1.54, 1.807) is 0 Å². The Morgan fingerprint density at radius 3 is 1.82 bits per heavy atom. The molecule has 3 nitrogen and oxygen atoms in total. The number of rotatable bonds is 10.